The van der Waals surface area contributed by atoms with Gasteiger partial charge in [0.05, 0.1) is 30.4 Å². The first kappa shape index (κ1) is 21.6. The van der Waals surface area contributed by atoms with Crippen LogP contribution in [0.25, 0.3) is 0 Å². The maximum Gasteiger partial charge on any atom is 0.345 e. The molecule has 162 valence electrons. The molecular weight excluding hydrogens is 438 g/mol. The summed E-state index contributed by atoms with van der Waals surface area (Å²) in [5.74, 6) is -0.553. The molecule has 0 aliphatic carbocycles. The minimum Gasteiger partial charge on any atom is -0.466 e. The van der Waals surface area contributed by atoms with Crippen molar-refractivity contribution in [3.8, 4) is 0 Å². The van der Waals surface area contributed by atoms with E-state index < -0.39 is 24.0 Å². The first-order valence-electron chi connectivity index (χ1n) is 9.55. The lowest BCUT2D eigenvalue weighted by atomic mass is 9.82. The zero-order chi connectivity index (χ0) is 22.0. The van der Waals surface area contributed by atoms with Gasteiger partial charge in [0.15, 0.2) is 5.60 Å². The van der Waals surface area contributed by atoms with Crippen LogP contribution in [-0.4, -0.2) is 43.2 Å². The Morgan fingerprint density at radius 3 is 2.58 bits per heavy atom. The molecule has 31 heavy (non-hydrogen) atoms. The fraction of sp³-hybridized carbons (Fsp3) is 0.273. The van der Waals surface area contributed by atoms with Crippen molar-refractivity contribution >= 4 is 35.5 Å². The predicted octanol–water partition coefficient (Wildman–Crippen LogP) is 3.82. The van der Waals surface area contributed by atoms with Crippen molar-refractivity contribution in [2.24, 2.45) is 0 Å². The molecule has 1 fully saturated rings. The van der Waals surface area contributed by atoms with Gasteiger partial charge in [-0.05, 0) is 23.5 Å². The lowest BCUT2D eigenvalue weighted by Gasteiger charge is -2.36. The molecule has 9 heteroatoms. The molecule has 0 saturated carbocycles. The van der Waals surface area contributed by atoms with Crippen molar-refractivity contribution in [1.29, 1.82) is 0 Å². The Labute approximate surface area is 188 Å². The minimum absolute atomic E-state index is 0.0718. The zero-order valence-electron chi connectivity index (χ0n) is 17.2. The highest BCUT2D eigenvalue weighted by molar-refractivity contribution is 8.24. The van der Waals surface area contributed by atoms with Crippen LogP contribution in [0.15, 0.2) is 75.4 Å². The molecule has 7 nitrogen and oxygen atoms in total. The lowest BCUT2D eigenvalue weighted by Crippen LogP contribution is -2.39. The summed E-state index contributed by atoms with van der Waals surface area (Å²) in [5.41, 5.74) is 0.0346. The molecule has 0 radical (unpaired) electrons. The number of esters is 2. The van der Waals surface area contributed by atoms with Crippen LogP contribution in [0.2, 0.25) is 0 Å². The number of rotatable bonds is 5. The zero-order valence-corrected chi connectivity index (χ0v) is 18.8. The second-order valence-corrected chi connectivity index (χ2v) is 9.10. The Hall–Kier alpha value is -2.62. The van der Waals surface area contributed by atoms with Crippen LogP contribution in [0.3, 0.4) is 0 Å². The molecule has 4 rings (SSSR count). The molecule has 1 saturated heterocycles. The molecule has 0 aromatic heterocycles. The van der Waals surface area contributed by atoms with Gasteiger partial charge in [-0.3, -0.25) is 4.90 Å². The predicted molar refractivity (Wildman–Crippen MR) is 118 cm³/mol. The van der Waals surface area contributed by atoms with E-state index in [9.17, 15) is 9.59 Å². The third kappa shape index (κ3) is 3.46. The van der Waals surface area contributed by atoms with Crippen molar-refractivity contribution in [3.05, 3.63) is 80.9 Å². The second-order valence-electron chi connectivity index (χ2n) is 6.54. The summed E-state index contributed by atoms with van der Waals surface area (Å²) >= 11 is 2.74. The summed E-state index contributed by atoms with van der Waals surface area (Å²) in [4.78, 5) is 27.9. The minimum atomic E-state index is -1.42. The van der Waals surface area contributed by atoms with Gasteiger partial charge in [0.25, 0.3) is 6.41 Å². The fourth-order valence-electron chi connectivity index (χ4n) is 3.69. The number of hydrogen-bond acceptors (Lipinski definition) is 9. The van der Waals surface area contributed by atoms with E-state index in [0.29, 0.717) is 11.3 Å². The second kappa shape index (κ2) is 8.86. The number of ether oxygens (including phenoxy) is 4. The van der Waals surface area contributed by atoms with Gasteiger partial charge in [-0.2, -0.15) is 0 Å². The molecule has 0 amide bonds. The largest absolute Gasteiger partial charge is 0.466 e. The fourth-order valence-corrected chi connectivity index (χ4v) is 6.21. The van der Waals surface area contributed by atoms with Crippen molar-refractivity contribution < 1.29 is 28.5 Å². The summed E-state index contributed by atoms with van der Waals surface area (Å²) in [6.07, 6.45) is 6.11. The smallest absolute Gasteiger partial charge is 0.345 e. The van der Waals surface area contributed by atoms with Crippen LogP contribution < -0.4 is 0 Å². The number of thioether (sulfide) groups is 2. The number of carbonyl (C=O) groups excluding carboxylic acids is 2. The van der Waals surface area contributed by atoms with Gasteiger partial charge in [0.1, 0.15) is 10.5 Å². The first-order valence-corrected chi connectivity index (χ1v) is 11.4. The number of methoxy groups -OCH3 is 2. The van der Waals surface area contributed by atoms with Crippen molar-refractivity contribution in [2.75, 3.05) is 20.0 Å². The molecule has 0 bridgehead atoms. The van der Waals surface area contributed by atoms with Crippen molar-refractivity contribution in [3.63, 3.8) is 0 Å². The molecule has 1 aromatic rings. The highest BCUT2D eigenvalue weighted by atomic mass is 32.2. The maximum atomic E-state index is 13.2. The van der Waals surface area contributed by atoms with Gasteiger partial charge in [-0.15, -0.1) is 11.8 Å². The van der Waals surface area contributed by atoms with Crippen LogP contribution in [0.5, 0.6) is 0 Å². The van der Waals surface area contributed by atoms with Gasteiger partial charge in [0, 0.05) is 6.20 Å². The van der Waals surface area contributed by atoms with E-state index in [0.717, 1.165) is 9.99 Å². The van der Waals surface area contributed by atoms with E-state index in [4.69, 9.17) is 18.9 Å². The van der Waals surface area contributed by atoms with Gasteiger partial charge in [0.2, 0.25) is 0 Å². The average molecular weight is 460 g/mol. The van der Waals surface area contributed by atoms with Crippen LogP contribution in [0.4, 0.5) is 0 Å². The third-order valence-corrected chi connectivity index (χ3v) is 7.21. The van der Waals surface area contributed by atoms with Crippen LogP contribution in [0.1, 0.15) is 12.5 Å². The topological polar surface area (TPSA) is 74.3 Å². The highest BCUT2D eigenvalue weighted by Gasteiger charge is 2.61. The van der Waals surface area contributed by atoms with E-state index in [-0.39, 0.29) is 10.5 Å². The van der Waals surface area contributed by atoms with Crippen molar-refractivity contribution in [1.82, 2.24) is 4.90 Å². The molecular formula is C22H21NO6S2. The summed E-state index contributed by atoms with van der Waals surface area (Å²) in [6, 6.07) is 9.29. The van der Waals surface area contributed by atoms with Gasteiger partial charge in [-0.25, -0.2) is 9.59 Å². The third-order valence-electron chi connectivity index (χ3n) is 4.91. The monoisotopic (exact) mass is 459 g/mol. The van der Waals surface area contributed by atoms with Gasteiger partial charge >= 0.3 is 11.9 Å². The Morgan fingerprint density at radius 2 is 1.90 bits per heavy atom. The Bertz CT molecular complexity index is 1020. The quantitative estimate of drug-likeness (QED) is 0.611. The number of benzene rings is 1. The van der Waals surface area contributed by atoms with E-state index in [2.05, 4.69) is 0 Å². The van der Waals surface area contributed by atoms with Crippen LogP contribution >= 0.6 is 23.5 Å². The average Bonchev–Trinajstić information content (AvgIpc) is 2.96. The molecule has 3 aliphatic rings. The Balaban J connectivity index is 2.08. The number of carbonyl (C=O) groups is 2. The molecule has 0 N–H and O–H groups in total. The van der Waals surface area contributed by atoms with Crippen LogP contribution in [-0.2, 0) is 34.1 Å². The molecule has 0 spiro atoms. The molecule has 3 aliphatic heterocycles. The Morgan fingerprint density at radius 1 is 1.16 bits per heavy atom. The molecule has 2 atom stereocenters. The number of hydrogen-bond donors (Lipinski definition) is 0. The lowest BCUT2D eigenvalue weighted by molar-refractivity contribution is -0.170. The summed E-state index contributed by atoms with van der Waals surface area (Å²) in [5, 5.41) is 0. The van der Waals surface area contributed by atoms with Crippen LogP contribution in [0, 0.1) is 0 Å². The summed E-state index contributed by atoms with van der Waals surface area (Å²) in [7, 11) is 2.56. The molecule has 1 aromatic carbocycles. The summed E-state index contributed by atoms with van der Waals surface area (Å²) in [6.45, 7) is 2.02. The van der Waals surface area contributed by atoms with Gasteiger partial charge < -0.3 is 18.9 Å². The van der Waals surface area contributed by atoms with E-state index in [1.165, 1.54) is 32.2 Å². The van der Waals surface area contributed by atoms with E-state index in [1.54, 1.807) is 17.8 Å². The highest BCUT2D eigenvalue weighted by Crippen LogP contribution is 2.60. The molecule has 3 heterocycles. The standard InChI is InChI=1S/C22H21NO6S2/c1-4-30-20-17-22(14-10-6-5-7-11-14,29-21-23(17)12-8-9-13-28-21)15(18(24)26-2)16(31-20)19(25)27-3/h5-13,21H,4H2,1-3H3/t21-,22+/m1/s1. The normalized spacial score (nSPS) is 24.4. The van der Waals surface area contributed by atoms with E-state index >= 15 is 0 Å². The van der Waals surface area contributed by atoms with Gasteiger partial charge in [-0.1, -0.05) is 49.0 Å². The van der Waals surface area contributed by atoms with E-state index in [1.807, 2.05) is 54.4 Å². The first-order chi connectivity index (χ1) is 15.1. The van der Waals surface area contributed by atoms with Crippen molar-refractivity contribution in [2.45, 2.75) is 18.9 Å². The number of nitrogens with zero attached hydrogens (tertiary/aromatic N) is 1. The number of fused-ring (bicyclic) bond motifs is 3. The maximum absolute atomic E-state index is 13.2. The Kier molecular flexibility index (Phi) is 6.17. The number of allylic oxidation sites excluding steroid dienone is 2. The summed E-state index contributed by atoms with van der Waals surface area (Å²) < 4.78 is 23.3. The SMILES string of the molecule is CCSC1=C2N3C=CC=CO[C@@H]3O[C@@]2(c2ccccc2)C(C(=O)OC)=C(C(=O)OC)S1. The molecule has 0 unspecified atom stereocenters.